The molecule has 0 radical (unpaired) electrons. The number of nitrogens with zero attached hydrogens (tertiary/aromatic N) is 7. The summed E-state index contributed by atoms with van der Waals surface area (Å²) in [6.07, 6.45) is -0.151. The topological polar surface area (TPSA) is 169 Å². The van der Waals surface area contributed by atoms with E-state index in [2.05, 4.69) is 46.3 Å². The van der Waals surface area contributed by atoms with Gasteiger partial charge in [-0.15, -0.1) is 0 Å². The van der Waals surface area contributed by atoms with Gasteiger partial charge in [0, 0.05) is 33.3 Å². The summed E-state index contributed by atoms with van der Waals surface area (Å²) in [5.74, 6) is 5.56. The first-order chi connectivity index (χ1) is 31.0. The molecule has 3 aromatic heterocycles. The third-order valence-corrected chi connectivity index (χ3v) is 13.8. The molecule has 1 aliphatic rings. The lowest BCUT2D eigenvalue weighted by atomic mass is 9.94. The van der Waals surface area contributed by atoms with Gasteiger partial charge in [-0.2, -0.15) is 9.78 Å². The normalized spacial score (nSPS) is 12.5. The van der Waals surface area contributed by atoms with Crippen LogP contribution in [-0.2, 0) is 27.2 Å². The first kappa shape index (κ1) is 46.4. The zero-order chi connectivity index (χ0) is 46.5. The third kappa shape index (κ3) is 11.0. The van der Waals surface area contributed by atoms with Crippen LogP contribution in [0, 0.1) is 18.4 Å². The number of ether oxygens (including phenoxy) is 4. The van der Waals surface area contributed by atoms with E-state index in [0.717, 1.165) is 32.1 Å². The molecule has 15 nitrogen and oxygen atoms in total. The van der Waals surface area contributed by atoms with E-state index in [1.54, 1.807) is 56.9 Å². The molecule has 7 rings (SSSR count). The Labute approximate surface area is 386 Å². The minimum atomic E-state index is -1.37. The van der Waals surface area contributed by atoms with Gasteiger partial charge in [0.2, 0.25) is 0 Å². The van der Waals surface area contributed by atoms with Crippen LogP contribution in [0.25, 0.3) is 26.3 Å². The Kier molecular flexibility index (Phi) is 14.0. The zero-order valence-corrected chi connectivity index (χ0v) is 40.0. The summed E-state index contributed by atoms with van der Waals surface area (Å²) in [4.78, 5) is 57.9. The number of benzene rings is 3. The zero-order valence-electron chi connectivity index (χ0n) is 37.4. The summed E-state index contributed by atoms with van der Waals surface area (Å²) in [7, 11) is -1.37. The van der Waals surface area contributed by atoms with E-state index in [-0.39, 0.29) is 48.7 Å². The summed E-state index contributed by atoms with van der Waals surface area (Å²) < 4.78 is 24.8. The molecule has 0 saturated heterocycles. The molecule has 1 amide bonds. The van der Waals surface area contributed by atoms with Gasteiger partial charge < -0.3 is 29.6 Å². The maximum atomic E-state index is 14.7. The van der Waals surface area contributed by atoms with Crippen LogP contribution in [0.2, 0.25) is 25.7 Å². The summed E-state index contributed by atoms with van der Waals surface area (Å²) >= 11 is 2.72. The highest BCUT2D eigenvalue weighted by molar-refractivity contribution is 7.22. The molecular formula is C47H50N8O7S2Si. The number of anilines is 3. The number of amides is 1. The van der Waals surface area contributed by atoms with E-state index in [0.29, 0.717) is 58.1 Å². The van der Waals surface area contributed by atoms with E-state index >= 15 is 0 Å². The average molecular weight is 931 g/mol. The van der Waals surface area contributed by atoms with Gasteiger partial charge in [-0.3, -0.25) is 9.69 Å². The largest absolute Gasteiger partial charge is 0.481 e. The molecule has 65 heavy (non-hydrogen) atoms. The quantitative estimate of drug-likeness (QED) is 0.0291. The first-order valence-corrected chi connectivity index (χ1v) is 26.4. The molecule has 18 heteroatoms. The fourth-order valence-electron chi connectivity index (χ4n) is 6.81. The van der Waals surface area contributed by atoms with Gasteiger partial charge in [0.05, 0.1) is 23.4 Å². The molecule has 336 valence electrons. The second kappa shape index (κ2) is 19.7. The highest BCUT2D eigenvalue weighted by atomic mass is 32.1. The van der Waals surface area contributed by atoms with Gasteiger partial charge in [0.1, 0.15) is 41.1 Å². The second-order valence-corrected chi connectivity index (χ2v) is 24.9. The Bertz CT molecular complexity index is 2830. The van der Waals surface area contributed by atoms with Crippen LogP contribution in [0.3, 0.4) is 0 Å². The molecule has 0 saturated carbocycles. The number of esters is 1. The van der Waals surface area contributed by atoms with Crippen LogP contribution in [0.5, 0.6) is 5.75 Å². The van der Waals surface area contributed by atoms with Crippen LogP contribution in [-0.4, -0.2) is 84.5 Å². The summed E-state index contributed by atoms with van der Waals surface area (Å²) in [5, 5.41) is 5.45. The van der Waals surface area contributed by atoms with Crippen molar-refractivity contribution < 1.29 is 33.3 Å². The maximum Gasteiger partial charge on any atom is 0.435 e. The number of rotatable bonds is 13. The fourth-order valence-corrected chi connectivity index (χ4v) is 9.47. The van der Waals surface area contributed by atoms with Crippen LogP contribution < -0.4 is 20.3 Å². The molecule has 0 fully saturated rings. The van der Waals surface area contributed by atoms with Crippen molar-refractivity contribution in [3.63, 3.8) is 0 Å². The number of aromatic nitrogens is 4. The number of nitrogen functional groups attached to an aromatic ring is 1. The lowest BCUT2D eigenvalue weighted by Crippen LogP contribution is -2.37. The molecule has 2 N–H and O–H groups in total. The Morgan fingerprint density at radius 2 is 1.82 bits per heavy atom. The number of thiazole rings is 2. The van der Waals surface area contributed by atoms with Gasteiger partial charge in [0.25, 0.3) is 11.6 Å². The number of carbonyl (C=O) groups excluding carboxylic acids is 3. The maximum absolute atomic E-state index is 14.7. The minimum Gasteiger partial charge on any atom is -0.481 e. The van der Waals surface area contributed by atoms with Crippen LogP contribution in [0.4, 0.5) is 26.6 Å². The van der Waals surface area contributed by atoms with Crippen molar-refractivity contribution in [1.29, 1.82) is 0 Å². The summed E-state index contributed by atoms with van der Waals surface area (Å²) in [6.45, 7) is 23.2. The monoisotopic (exact) mass is 930 g/mol. The summed E-state index contributed by atoms with van der Waals surface area (Å²) in [5.41, 5.74) is 9.45. The smallest absolute Gasteiger partial charge is 0.435 e. The van der Waals surface area contributed by atoms with Crippen molar-refractivity contribution in [3.05, 3.63) is 105 Å². The molecule has 1 aliphatic heterocycles. The van der Waals surface area contributed by atoms with E-state index in [9.17, 15) is 14.4 Å². The SMILES string of the molecule is [C-]#[N+]c1c(-c2cccc(OCC#Cc3sc(N4CCc5cccc(C(=O)N(COCC[Si](C)(C)C)c6nc7ccccc7s6)c5C4)nc3C(=O)OCC)c2)nn(C(=O)OC(C)(C)C)c1N. The fraction of sp³-hybridized carbons (Fsp3) is 0.340. The van der Waals surface area contributed by atoms with E-state index in [1.165, 1.54) is 22.7 Å². The van der Waals surface area contributed by atoms with Crippen LogP contribution in [0.1, 0.15) is 64.5 Å². The molecule has 0 bridgehead atoms. The number of fused-ring (bicyclic) bond motifs is 2. The van der Waals surface area contributed by atoms with Gasteiger partial charge in [-0.05, 0) is 93.1 Å². The van der Waals surface area contributed by atoms with E-state index in [1.807, 2.05) is 42.5 Å². The van der Waals surface area contributed by atoms with E-state index < -0.39 is 25.7 Å². The second-order valence-electron chi connectivity index (χ2n) is 17.3. The van der Waals surface area contributed by atoms with Crippen molar-refractivity contribution in [2.75, 3.05) is 48.6 Å². The van der Waals surface area contributed by atoms with Gasteiger partial charge in [-0.1, -0.05) is 84.6 Å². The van der Waals surface area contributed by atoms with Crippen molar-refractivity contribution in [2.24, 2.45) is 0 Å². The number of hydrogen-bond acceptors (Lipinski definition) is 14. The first-order valence-electron chi connectivity index (χ1n) is 21.0. The summed E-state index contributed by atoms with van der Waals surface area (Å²) in [6, 6.07) is 21.4. The molecule has 0 spiro atoms. The Morgan fingerprint density at radius 1 is 1.03 bits per heavy atom. The molecule has 6 aromatic rings. The van der Waals surface area contributed by atoms with Crippen molar-refractivity contribution in [3.8, 4) is 28.8 Å². The highest BCUT2D eigenvalue weighted by Gasteiger charge is 2.30. The Morgan fingerprint density at radius 3 is 2.55 bits per heavy atom. The molecule has 4 heterocycles. The van der Waals surface area contributed by atoms with Crippen molar-refractivity contribution in [2.45, 2.75) is 71.9 Å². The molecule has 0 aliphatic carbocycles. The highest BCUT2D eigenvalue weighted by Crippen LogP contribution is 2.37. The lowest BCUT2D eigenvalue weighted by molar-refractivity contribution is 0.0509. The predicted molar refractivity (Wildman–Crippen MR) is 257 cm³/mol. The van der Waals surface area contributed by atoms with Crippen LogP contribution >= 0.6 is 22.7 Å². The molecule has 3 aromatic carbocycles. The van der Waals surface area contributed by atoms with Gasteiger partial charge in [0.15, 0.2) is 16.0 Å². The van der Waals surface area contributed by atoms with Crippen molar-refractivity contribution in [1.82, 2.24) is 19.7 Å². The Hall–Kier alpha value is -6.57. The number of para-hydroxylation sites is 1. The third-order valence-electron chi connectivity index (χ3n) is 10.0. The number of hydrogen-bond donors (Lipinski definition) is 1. The predicted octanol–water partition coefficient (Wildman–Crippen LogP) is 9.66. The molecular weight excluding hydrogens is 881 g/mol. The lowest BCUT2D eigenvalue weighted by Gasteiger charge is -2.31. The van der Waals surface area contributed by atoms with Gasteiger partial charge >= 0.3 is 12.1 Å². The average Bonchev–Trinajstić information content (AvgIpc) is 3.99. The van der Waals surface area contributed by atoms with Gasteiger partial charge in [-0.25, -0.2) is 24.4 Å². The van der Waals surface area contributed by atoms with Crippen LogP contribution in [0.15, 0.2) is 66.7 Å². The Balaban J connectivity index is 1.10. The van der Waals surface area contributed by atoms with E-state index in [4.69, 9.17) is 41.2 Å². The molecule has 0 unspecified atom stereocenters. The standard InChI is InChI=1S/C47H50N8O7S2Si/c1-9-60-43(57)39-37(21-14-24-61-32-17-12-16-31(27-32)38-40(49-5)41(48)55(52-38)46(58)62-47(2,3)4)64-44(51-39)53-23-22-30-15-13-18-33(34(30)28-53)42(56)54(29-59-25-26-65(6,7)8)45-50-35-19-10-11-20-36(35)63-45/h10-13,15-20,27H,9,22-26,28-29,48H2,1-4,6-8H3. The number of nitrogens with two attached hydrogens (primary N) is 1. The minimum absolute atomic E-state index is 0.00421. The van der Waals surface area contributed by atoms with Crippen molar-refractivity contribution >= 4 is 80.7 Å². The molecule has 0 atom stereocenters. The number of carbonyl (C=O) groups is 3.